The summed E-state index contributed by atoms with van der Waals surface area (Å²) in [5, 5.41) is 3.03. The van der Waals surface area contributed by atoms with Crippen LogP contribution in [0, 0.1) is 12.8 Å². The minimum Gasteiger partial charge on any atom is -0.349 e. The van der Waals surface area contributed by atoms with E-state index in [4.69, 9.17) is 5.73 Å². The van der Waals surface area contributed by atoms with Gasteiger partial charge in [-0.05, 0) is 37.9 Å². The molecule has 0 aromatic heterocycles. The molecule has 3 N–H and O–H groups in total. The van der Waals surface area contributed by atoms with Crippen molar-refractivity contribution in [2.75, 3.05) is 6.54 Å². The fourth-order valence-electron chi connectivity index (χ4n) is 1.89. The minimum atomic E-state index is -0.0218. The van der Waals surface area contributed by atoms with E-state index < -0.39 is 0 Å². The van der Waals surface area contributed by atoms with Crippen LogP contribution >= 0.6 is 0 Å². The van der Waals surface area contributed by atoms with E-state index >= 15 is 0 Å². The van der Waals surface area contributed by atoms with E-state index in [1.807, 2.05) is 32.0 Å². The Morgan fingerprint density at radius 3 is 2.59 bits per heavy atom. The van der Waals surface area contributed by atoms with Gasteiger partial charge in [0.25, 0.3) is 0 Å². The molecule has 0 saturated heterocycles. The Balaban J connectivity index is 2.63. The van der Waals surface area contributed by atoms with Crippen LogP contribution in [0.25, 0.3) is 0 Å². The second kappa shape index (κ2) is 6.40. The molecule has 0 aliphatic carbocycles. The zero-order valence-electron chi connectivity index (χ0n) is 10.9. The van der Waals surface area contributed by atoms with E-state index in [-0.39, 0.29) is 17.9 Å². The van der Waals surface area contributed by atoms with Crippen molar-refractivity contribution in [1.29, 1.82) is 0 Å². The van der Waals surface area contributed by atoms with Crippen molar-refractivity contribution in [3.63, 3.8) is 0 Å². The third-order valence-electron chi connectivity index (χ3n) is 3.06. The van der Waals surface area contributed by atoms with Gasteiger partial charge in [0, 0.05) is 5.92 Å². The Hall–Kier alpha value is -1.35. The number of hydrogen-bond donors (Lipinski definition) is 2. The van der Waals surface area contributed by atoms with E-state index in [0.717, 1.165) is 6.42 Å². The lowest BCUT2D eigenvalue weighted by molar-refractivity contribution is -0.125. The topological polar surface area (TPSA) is 55.1 Å². The predicted molar refractivity (Wildman–Crippen MR) is 70.6 cm³/mol. The predicted octanol–water partition coefficient (Wildman–Crippen LogP) is 2.16. The van der Waals surface area contributed by atoms with Crippen LogP contribution in [-0.4, -0.2) is 12.5 Å². The first-order valence-corrected chi connectivity index (χ1v) is 6.12. The summed E-state index contributed by atoms with van der Waals surface area (Å²) in [6.45, 7) is 6.52. The molecule has 3 heteroatoms. The van der Waals surface area contributed by atoms with Gasteiger partial charge in [0.15, 0.2) is 0 Å². The van der Waals surface area contributed by atoms with Gasteiger partial charge < -0.3 is 11.1 Å². The molecule has 1 amide bonds. The van der Waals surface area contributed by atoms with E-state index in [0.29, 0.717) is 6.54 Å². The molecule has 0 saturated carbocycles. The Morgan fingerprint density at radius 2 is 2.00 bits per heavy atom. The van der Waals surface area contributed by atoms with Crippen LogP contribution in [-0.2, 0) is 4.79 Å². The summed E-state index contributed by atoms with van der Waals surface area (Å²) in [6.07, 6.45) is 0.728. The van der Waals surface area contributed by atoms with Gasteiger partial charge in [0.05, 0.1) is 6.04 Å². The zero-order chi connectivity index (χ0) is 12.8. The Morgan fingerprint density at radius 1 is 1.35 bits per heavy atom. The molecule has 17 heavy (non-hydrogen) atoms. The van der Waals surface area contributed by atoms with Crippen molar-refractivity contribution in [3.8, 4) is 0 Å². The van der Waals surface area contributed by atoms with Gasteiger partial charge in [-0.2, -0.15) is 0 Å². The van der Waals surface area contributed by atoms with Gasteiger partial charge in [0.2, 0.25) is 5.91 Å². The molecule has 0 aliphatic rings. The van der Waals surface area contributed by atoms with Crippen LogP contribution in [0.1, 0.15) is 37.4 Å². The van der Waals surface area contributed by atoms with Crippen molar-refractivity contribution in [1.82, 2.24) is 5.32 Å². The molecule has 0 radical (unpaired) electrons. The van der Waals surface area contributed by atoms with Crippen LogP contribution in [0.2, 0.25) is 0 Å². The number of nitrogens with two attached hydrogens (primary N) is 1. The fraction of sp³-hybridized carbons (Fsp3) is 0.500. The van der Waals surface area contributed by atoms with Gasteiger partial charge in [-0.1, -0.05) is 31.2 Å². The molecular weight excluding hydrogens is 212 g/mol. The Labute approximate surface area is 103 Å². The summed E-state index contributed by atoms with van der Waals surface area (Å²) >= 11 is 0. The number of aryl methyl sites for hydroxylation is 1. The molecule has 94 valence electrons. The van der Waals surface area contributed by atoms with Gasteiger partial charge in [0.1, 0.15) is 0 Å². The number of carbonyl (C=O) groups is 1. The molecule has 1 aromatic carbocycles. The molecule has 0 heterocycles. The standard InChI is InChI=1S/C14H22N2O/c1-10-6-4-5-7-13(10)12(3)16-14(17)11(2)8-9-15/h4-7,11-12H,8-9,15H2,1-3H3,(H,16,17)/t11?,12-/m0/s1. The summed E-state index contributed by atoms with van der Waals surface area (Å²) < 4.78 is 0. The molecule has 1 aromatic rings. The summed E-state index contributed by atoms with van der Waals surface area (Å²) in [5.41, 5.74) is 7.82. The highest BCUT2D eigenvalue weighted by atomic mass is 16.1. The maximum absolute atomic E-state index is 11.9. The SMILES string of the molecule is Cc1ccccc1[C@H](C)NC(=O)C(C)CCN. The highest BCUT2D eigenvalue weighted by Crippen LogP contribution is 2.17. The second-order valence-corrected chi connectivity index (χ2v) is 4.57. The molecule has 2 atom stereocenters. The first-order valence-electron chi connectivity index (χ1n) is 6.12. The van der Waals surface area contributed by atoms with Crippen molar-refractivity contribution < 1.29 is 4.79 Å². The number of carbonyl (C=O) groups excluding carboxylic acids is 1. The Kier molecular flexibility index (Phi) is 5.16. The number of rotatable bonds is 5. The highest BCUT2D eigenvalue weighted by molar-refractivity contribution is 5.78. The fourth-order valence-corrected chi connectivity index (χ4v) is 1.89. The van der Waals surface area contributed by atoms with Crippen molar-refractivity contribution in [3.05, 3.63) is 35.4 Å². The van der Waals surface area contributed by atoms with Gasteiger partial charge in [-0.3, -0.25) is 4.79 Å². The van der Waals surface area contributed by atoms with Crippen LogP contribution in [0.5, 0.6) is 0 Å². The lowest BCUT2D eigenvalue weighted by Gasteiger charge is -2.19. The van der Waals surface area contributed by atoms with Crippen LogP contribution in [0.3, 0.4) is 0 Å². The molecule has 1 unspecified atom stereocenters. The third-order valence-corrected chi connectivity index (χ3v) is 3.06. The van der Waals surface area contributed by atoms with Gasteiger partial charge in [-0.15, -0.1) is 0 Å². The quantitative estimate of drug-likeness (QED) is 0.820. The lowest BCUT2D eigenvalue weighted by atomic mass is 10.0. The molecule has 1 rings (SSSR count). The first-order chi connectivity index (χ1) is 8.06. The highest BCUT2D eigenvalue weighted by Gasteiger charge is 2.16. The molecular formula is C14H22N2O. The lowest BCUT2D eigenvalue weighted by Crippen LogP contribution is -2.32. The average molecular weight is 234 g/mol. The van der Waals surface area contributed by atoms with Crippen LogP contribution < -0.4 is 11.1 Å². The molecule has 0 aliphatic heterocycles. The summed E-state index contributed by atoms with van der Waals surface area (Å²) in [5.74, 6) is 0.0534. The first kappa shape index (κ1) is 13.7. The van der Waals surface area contributed by atoms with E-state index in [9.17, 15) is 4.79 Å². The minimum absolute atomic E-state index is 0.0218. The van der Waals surface area contributed by atoms with Crippen LogP contribution in [0.4, 0.5) is 0 Å². The monoisotopic (exact) mass is 234 g/mol. The van der Waals surface area contributed by atoms with Crippen molar-refractivity contribution in [2.24, 2.45) is 11.7 Å². The number of nitrogens with one attached hydrogen (secondary N) is 1. The van der Waals surface area contributed by atoms with Crippen LogP contribution in [0.15, 0.2) is 24.3 Å². The number of benzene rings is 1. The molecule has 0 fully saturated rings. The summed E-state index contributed by atoms with van der Waals surface area (Å²) in [6, 6.07) is 8.15. The summed E-state index contributed by atoms with van der Waals surface area (Å²) in [7, 11) is 0. The smallest absolute Gasteiger partial charge is 0.223 e. The molecule has 3 nitrogen and oxygen atoms in total. The maximum Gasteiger partial charge on any atom is 0.223 e. The van der Waals surface area contributed by atoms with Crippen molar-refractivity contribution >= 4 is 5.91 Å². The van der Waals surface area contributed by atoms with E-state index in [1.165, 1.54) is 11.1 Å². The molecule has 0 spiro atoms. The summed E-state index contributed by atoms with van der Waals surface area (Å²) in [4.78, 5) is 11.9. The normalized spacial score (nSPS) is 14.1. The second-order valence-electron chi connectivity index (χ2n) is 4.57. The number of amides is 1. The van der Waals surface area contributed by atoms with Gasteiger partial charge >= 0.3 is 0 Å². The van der Waals surface area contributed by atoms with Gasteiger partial charge in [-0.25, -0.2) is 0 Å². The van der Waals surface area contributed by atoms with E-state index in [2.05, 4.69) is 18.3 Å². The third kappa shape index (κ3) is 3.86. The zero-order valence-corrected chi connectivity index (χ0v) is 10.9. The maximum atomic E-state index is 11.9. The van der Waals surface area contributed by atoms with Crippen molar-refractivity contribution in [2.45, 2.75) is 33.2 Å². The average Bonchev–Trinajstić information content (AvgIpc) is 2.29. The molecule has 0 bridgehead atoms. The Bertz CT molecular complexity index is 376. The largest absolute Gasteiger partial charge is 0.349 e. The van der Waals surface area contributed by atoms with E-state index in [1.54, 1.807) is 0 Å². The number of hydrogen-bond acceptors (Lipinski definition) is 2.